The first kappa shape index (κ1) is 19.5. The van der Waals surface area contributed by atoms with Crippen LogP contribution in [0.2, 0.25) is 0 Å². The van der Waals surface area contributed by atoms with Crippen molar-refractivity contribution in [3.63, 3.8) is 0 Å². The van der Waals surface area contributed by atoms with Crippen molar-refractivity contribution in [1.82, 2.24) is 14.6 Å². The average Bonchev–Trinajstić information content (AvgIpc) is 3.38. The predicted octanol–water partition coefficient (Wildman–Crippen LogP) is 2.81. The van der Waals surface area contributed by atoms with E-state index in [0.29, 0.717) is 6.54 Å². The van der Waals surface area contributed by atoms with Crippen LogP contribution >= 0.6 is 11.3 Å². The van der Waals surface area contributed by atoms with Gasteiger partial charge in [0.25, 0.3) is 0 Å². The number of carbonyl (C=O) groups excluding carboxylic acids is 1. The van der Waals surface area contributed by atoms with Crippen LogP contribution in [0, 0.1) is 11.3 Å². The number of nitrogens with one attached hydrogen (secondary N) is 1. The largest absolute Gasteiger partial charge is 0.332 e. The first-order chi connectivity index (χ1) is 14.0. The molecule has 0 spiro atoms. The lowest BCUT2D eigenvalue weighted by Gasteiger charge is -2.23. The van der Waals surface area contributed by atoms with E-state index in [1.54, 1.807) is 28.4 Å². The molecule has 2 aromatic carbocycles. The second-order valence-electron chi connectivity index (χ2n) is 6.70. The molecule has 1 saturated heterocycles. The molecule has 3 aromatic rings. The zero-order valence-electron chi connectivity index (χ0n) is 15.4. The van der Waals surface area contributed by atoms with Crippen LogP contribution in [0.4, 0.5) is 0 Å². The minimum Gasteiger partial charge on any atom is -0.332 e. The van der Waals surface area contributed by atoms with Gasteiger partial charge in [0.1, 0.15) is 11.1 Å². The van der Waals surface area contributed by atoms with Crippen LogP contribution in [0.15, 0.2) is 53.4 Å². The van der Waals surface area contributed by atoms with Crippen molar-refractivity contribution in [1.29, 1.82) is 5.26 Å². The highest BCUT2D eigenvalue weighted by molar-refractivity contribution is 7.89. The van der Waals surface area contributed by atoms with E-state index >= 15 is 0 Å². The van der Waals surface area contributed by atoms with Gasteiger partial charge in [0.2, 0.25) is 15.9 Å². The van der Waals surface area contributed by atoms with Crippen LogP contribution in [0.3, 0.4) is 0 Å². The number of aromatic nitrogens is 1. The first-order valence-corrected chi connectivity index (χ1v) is 11.4. The molecule has 1 fully saturated rings. The van der Waals surface area contributed by atoms with E-state index in [-0.39, 0.29) is 29.0 Å². The lowest BCUT2D eigenvalue weighted by Crippen LogP contribution is -2.40. The summed E-state index contributed by atoms with van der Waals surface area (Å²) in [6.45, 7) is 0.208. The van der Waals surface area contributed by atoms with Gasteiger partial charge in [-0.05, 0) is 37.1 Å². The summed E-state index contributed by atoms with van der Waals surface area (Å²) >= 11 is 1.56. The van der Waals surface area contributed by atoms with Gasteiger partial charge >= 0.3 is 0 Å². The van der Waals surface area contributed by atoms with Gasteiger partial charge in [0, 0.05) is 6.54 Å². The van der Waals surface area contributed by atoms with Crippen LogP contribution in [0.5, 0.6) is 0 Å². The van der Waals surface area contributed by atoms with Crippen LogP contribution in [-0.2, 0) is 14.8 Å². The zero-order valence-corrected chi connectivity index (χ0v) is 17.0. The molecule has 0 unspecified atom stereocenters. The molecule has 7 nitrogen and oxygen atoms in total. The first-order valence-electron chi connectivity index (χ1n) is 9.13. The van der Waals surface area contributed by atoms with Gasteiger partial charge < -0.3 is 4.90 Å². The molecule has 1 aliphatic heterocycles. The Bertz CT molecular complexity index is 1180. The molecule has 148 valence electrons. The summed E-state index contributed by atoms with van der Waals surface area (Å²) in [5, 5.41) is 10.00. The lowest BCUT2D eigenvalue weighted by molar-refractivity contribution is -0.130. The van der Waals surface area contributed by atoms with Crippen LogP contribution in [0.25, 0.3) is 10.2 Å². The maximum absolute atomic E-state index is 12.8. The van der Waals surface area contributed by atoms with Crippen molar-refractivity contribution in [2.75, 3.05) is 13.1 Å². The molecule has 4 rings (SSSR count). The molecule has 9 heteroatoms. The van der Waals surface area contributed by atoms with E-state index in [1.165, 1.54) is 12.1 Å². The number of nitrogens with zero attached hydrogens (tertiary/aromatic N) is 3. The average molecular weight is 427 g/mol. The smallest absolute Gasteiger partial charge is 0.242 e. The van der Waals surface area contributed by atoms with Crippen LogP contribution in [0.1, 0.15) is 29.5 Å². The van der Waals surface area contributed by atoms with Crippen molar-refractivity contribution < 1.29 is 13.2 Å². The fraction of sp³-hybridized carbons (Fsp3) is 0.250. The van der Waals surface area contributed by atoms with Crippen molar-refractivity contribution in [2.45, 2.75) is 23.8 Å². The fourth-order valence-corrected chi connectivity index (χ4v) is 5.73. The highest BCUT2D eigenvalue weighted by atomic mass is 32.2. The third-order valence-electron chi connectivity index (χ3n) is 4.88. The van der Waals surface area contributed by atoms with Gasteiger partial charge in [-0.25, -0.2) is 18.1 Å². The monoisotopic (exact) mass is 426 g/mol. The fourth-order valence-electron chi connectivity index (χ4n) is 3.48. The molecule has 0 bridgehead atoms. The molecule has 29 heavy (non-hydrogen) atoms. The van der Waals surface area contributed by atoms with E-state index in [2.05, 4.69) is 9.71 Å². The molecule has 0 radical (unpaired) electrons. The zero-order chi connectivity index (χ0) is 20.4. The number of sulfonamides is 1. The standard InChI is InChI=1S/C20H18N4O3S2/c21-12-14-6-1-4-10-18(14)29(26,27)22-13-19(25)24-11-5-8-16(24)20-23-15-7-2-3-9-17(15)28-20/h1-4,6-7,9-10,16,22H,5,8,11,13H2/t16-/m0/s1. The van der Waals surface area contributed by atoms with E-state index < -0.39 is 10.0 Å². The highest BCUT2D eigenvalue weighted by Gasteiger charge is 2.32. The second kappa shape index (κ2) is 7.91. The molecule has 0 aliphatic carbocycles. The number of hydrogen-bond acceptors (Lipinski definition) is 6. The van der Waals surface area contributed by atoms with E-state index in [4.69, 9.17) is 5.26 Å². The number of nitriles is 1. The van der Waals surface area contributed by atoms with Gasteiger partial charge in [-0.2, -0.15) is 5.26 Å². The molecular weight excluding hydrogens is 408 g/mol. The summed E-state index contributed by atoms with van der Waals surface area (Å²) in [7, 11) is -3.96. The normalized spacial score (nSPS) is 16.8. The summed E-state index contributed by atoms with van der Waals surface area (Å²) in [6.07, 6.45) is 1.64. The topological polar surface area (TPSA) is 103 Å². The highest BCUT2D eigenvalue weighted by Crippen LogP contribution is 2.36. The number of para-hydroxylation sites is 1. The van der Waals surface area contributed by atoms with Crippen molar-refractivity contribution >= 4 is 37.5 Å². The van der Waals surface area contributed by atoms with Crippen LogP contribution in [-0.4, -0.2) is 37.3 Å². The molecule has 1 aromatic heterocycles. The van der Waals surface area contributed by atoms with Gasteiger partial charge in [0.15, 0.2) is 0 Å². The van der Waals surface area contributed by atoms with Crippen LogP contribution < -0.4 is 4.72 Å². The van der Waals surface area contributed by atoms with Gasteiger partial charge in [-0.3, -0.25) is 4.79 Å². The Morgan fingerprint density at radius 2 is 2.00 bits per heavy atom. The van der Waals surface area contributed by atoms with Gasteiger partial charge in [-0.1, -0.05) is 24.3 Å². The maximum atomic E-state index is 12.8. The number of amides is 1. The Hall–Kier alpha value is -2.80. The van der Waals surface area contributed by atoms with Crippen molar-refractivity contribution in [3.05, 3.63) is 59.1 Å². The molecular formula is C20H18N4O3S2. The van der Waals surface area contributed by atoms with Crippen molar-refractivity contribution in [2.24, 2.45) is 0 Å². The third-order valence-corrected chi connectivity index (χ3v) is 7.48. The maximum Gasteiger partial charge on any atom is 0.242 e. The number of carbonyl (C=O) groups is 1. The molecule has 1 amide bonds. The number of rotatable bonds is 5. The quantitative estimate of drug-likeness (QED) is 0.676. The molecule has 0 saturated carbocycles. The summed E-state index contributed by atoms with van der Waals surface area (Å²) in [6, 6.07) is 15.5. The summed E-state index contributed by atoms with van der Waals surface area (Å²) in [5.74, 6) is -0.301. The second-order valence-corrected chi connectivity index (χ2v) is 9.50. The summed E-state index contributed by atoms with van der Waals surface area (Å²) in [5.41, 5.74) is 0.946. The number of likely N-dealkylation sites (tertiary alicyclic amines) is 1. The molecule has 1 atom stereocenters. The Labute approximate surface area is 172 Å². The minimum absolute atomic E-state index is 0.0426. The minimum atomic E-state index is -3.96. The number of fused-ring (bicyclic) bond motifs is 1. The van der Waals surface area contributed by atoms with E-state index in [0.717, 1.165) is 28.1 Å². The third kappa shape index (κ3) is 3.87. The SMILES string of the molecule is N#Cc1ccccc1S(=O)(=O)NCC(=O)N1CCC[C@H]1c1nc2ccccc2s1. The Morgan fingerprint density at radius 1 is 1.24 bits per heavy atom. The Kier molecular flexibility index (Phi) is 5.32. The van der Waals surface area contributed by atoms with Crippen molar-refractivity contribution in [3.8, 4) is 6.07 Å². The Morgan fingerprint density at radius 3 is 2.79 bits per heavy atom. The van der Waals surface area contributed by atoms with Gasteiger partial charge in [-0.15, -0.1) is 11.3 Å². The Balaban J connectivity index is 1.50. The van der Waals surface area contributed by atoms with E-state index in [9.17, 15) is 13.2 Å². The molecule has 2 heterocycles. The van der Waals surface area contributed by atoms with E-state index in [1.807, 2.05) is 30.3 Å². The predicted molar refractivity (Wildman–Crippen MR) is 110 cm³/mol. The molecule has 1 N–H and O–H groups in total. The summed E-state index contributed by atoms with van der Waals surface area (Å²) in [4.78, 5) is 19.0. The number of hydrogen-bond donors (Lipinski definition) is 1. The molecule has 1 aliphatic rings. The lowest BCUT2D eigenvalue weighted by atomic mass is 10.2. The number of thiazole rings is 1. The van der Waals surface area contributed by atoms with Gasteiger partial charge in [0.05, 0.1) is 33.3 Å². The number of benzene rings is 2. The summed E-state index contributed by atoms with van der Waals surface area (Å²) < 4.78 is 28.5.